The summed E-state index contributed by atoms with van der Waals surface area (Å²) < 4.78 is 34.1. The Labute approximate surface area is 121 Å². The number of benzene rings is 1. The first kappa shape index (κ1) is 13.5. The Morgan fingerprint density at radius 1 is 1.37 bits per heavy atom. The fourth-order valence-electron chi connectivity index (χ4n) is 2.81. The van der Waals surface area contributed by atoms with Gasteiger partial charge in [0, 0.05) is 4.47 Å². The molecule has 19 heavy (non-hydrogen) atoms. The Balaban J connectivity index is 1.80. The third-order valence-corrected chi connectivity index (χ3v) is 6.23. The summed E-state index contributed by atoms with van der Waals surface area (Å²) in [4.78, 5) is 0.316. The summed E-state index contributed by atoms with van der Waals surface area (Å²) in [5, 5.41) is 0. The Bertz CT molecular complexity index is 602. The molecule has 3 rings (SSSR count). The molecule has 2 saturated heterocycles. The van der Waals surface area contributed by atoms with E-state index in [9.17, 15) is 8.42 Å². The lowest BCUT2D eigenvalue weighted by molar-refractivity contribution is 0.0996. The van der Waals surface area contributed by atoms with Crippen LogP contribution in [0.2, 0.25) is 0 Å². The molecule has 3 atom stereocenters. The maximum atomic E-state index is 12.3. The Morgan fingerprint density at radius 3 is 2.74 bits per heavy atom. The van der Waals surface area contributed by atoms with Crippen LogP contribution in [0, 0.1) is 6.92 Å². The third kappa shape index (κ3) is 2.59. The summed E-state index contributed by atoms with van der Waals surface area (Å²) in [6.07, 6.45) is 3.09. The van der Waals surface area contributed by atoms with E-state index in [1.54, 1.807) is 18.2 Å². The first-order valence-electron chi connectivity index (χ1n) is 6.40. The molecule has 2 fully saturated rings. The van der Waals surface area contributed by atoms with Gasteiger partial charge in [-0.15, -0.1) is 0 Å². The zero-order valence-electron chi connectivity index (χ0n) is 10.6. The van der Waals surface area contributed by atoms with Crippen LogP contribution in [0.25, 0.3) is 0 Å². The van der Waals surface area contributed by atoms with Gasteiger partial charge in [-0.25, -0.2) is 13.1 Å². The molecular formula is C13H16BrNO3S. The number of aryl methyl sites for hydroxylation is 1. The maximum Gasteiger partial charge on any atom is 0.240 e. The highest BCUT2D eigenvalue weighted by atomic mass is 79.9. The fourth-order valence-corrected chi connectivity index (χ4v) is 4.42. The van der Waals surface area contributed by atoms with Gasteiger partial charge in [-0.1, -0.05) is 15.9 Å². The standard InChI is InChI=1S/C13H16BrNO3S/c1-8-6-10(3-4-11(8)14)19(16,17)15-12-7-9-2-5-13(12)18-9/h3-4,6,9,12-13,15H,2,5,7H2,1H3. The normalized spacial score (nSPS) is 29.9. The summed E-state index contributed by atoms with van der Waals surface area (Å²) in [7, 11) is -3.46. The van der Waals surface area contributed by atoms with Crippen LogP contribution in [0.1, 0.15) is 24.8 Å². The van der Waals surface area contributed by atoms with Crippen LogP contribution >= 0.6 is 15.9 Å². The molecule has 1 aromatic rings. The second-order valence-electron chi connectivity index (χ2n) is 5.25. The van der Waals surface area contributed by atoms with E-state index in [4.69, 9.17) is 4.74 Å². The molecule has 4 nitrogen and oxygen atoms in total. The highest BCUT2D eigenvalue weighted by Gasteiger charge is 2.42. The van der Waals surface area contributed by atoms with Crippen LogP contribution in [-0.2, 0) is 14.8 Å². The number of nitrogens with one attached hydrogen (secondary N) is 1. The summed E-state index contributed by atoms with van der Waals surface area (Å²) in [5.74, 6) is 0. The van der Waals surface area contributed by atoms with Crippen LogP contribution in [0.3, 0.4) is 0 Å². The number of hydrogen-bond donors (Lipinski definition) is 1. The van der Waals surface area contributed by atoms with E-state index in [-0.39, 0.29) is 18.2 Å². The van der Waals surface area contributed by atoms with Gasteiger partial charge in [0.1, 0.15) is 0 Å². The van der Waals surface area contributed by atoms with E-state index in [0.717, 1.165) is 29.3 Å². The summed E-state index contributed by atoms with van der Waals surface area (Å²) in [5.41, 5.74) is 0.909. The Hall–Kier alpha value is -0.430. The van der Waals surface area contributed by atoms with Crippen molar-refractivity contribution in [3.63, 3.8) is 0 Å². The van der Waals surface area contributed by atoms with E-state index in [1.165, 1.54) is 0 Å². The zero-order valence-corrected chi connectivity index (χ0v) is 13.0. The van der Waals surface area contributed by atoms with Crippen molar-refractivity contribution in [2.24, 2.45) is 0 Å². The molecule has 0 amide bonds. The zero-order chi connectivity index (χ0) is 13.6. The van der Waals surface area contributed by atoms with Crippen LogP contribution < -0.4 is 4.72 Å². The highest BCUT2D eigenvalue weighted by molar-refractivity contribution is 9.10. The van der Waals surface area contributed by atoms with Crippen LogP contribution in [0.4, 0.5) is 0 Å². The number of rotatable bonds is 3. The van der Waals surface area contributed by atoms with Crippen LogP contribution in [0.15, 0.2) is 27.6 Å². The molecule has 6 heteroatoms. The smallest absolute Gasteiger partial charge is 0.240 e. The van der Waals surface area contributed by atoms with Gasteiger partial charge in [-0.2, -0.15) is 0 Å². The summed E-state index contributed by atoms with van der Waals surface area (Å²) >= 11 is 3.38. The van der Waals surface area contributed by atoms with Gasteiger partial charge in [0.15, 0.2) is 0 Å². The molecule has 2 aliphatic heterocycles. The van der Waals surface area contributed by atoms with E-state index in [2.05, 4.69) is 20.7 Å². The summed E-state index contributed by atoms with van der Waals surface area (Å²) in [6, 6.07) is 4.99. The highest BCUT2D eigenvalue weighted by Crippen LogP contribution is 2.35. The lowest BCUT2D eigenvalue weighted by Crippen LogP contribution is -2.41. The molecule has 1 aromatic carbocycles. The molecule has 104 valence electrons. The number of halogens is 1. The fraction of sp³-hybridized carbons (Fsp3) is 0.538. The molecule has 0 aromatic heterocycles. The number of hydrogen-bond acceptors (Lipinski definition) is 3. The molecule has 0 spiro atoms. The predicted molar refractivity (Wildman–Crippen MR) is 75.5 cm³/mol. The number of ether oxygens (including phenoxy) is 1. The van der Waals surface area contributed by atoms with Gasteiger partial charge in [-0.05, 0) is 49.9 Å². The quantitative estimate of drug-likeness (QED) is 0.914. The third-order valence-electron chi connectivity index (χ3n) is 3.85. The molecular weight excluding hydrogens is 330 g/mol. The largest absolute Gasteiger partial charge is 0.373 e. The molecule has 0 saturated carbocycles. The molecule has 0 aliphatic carbocycles. The van der Waals surface area contributed by atoms with Crippen molar-refractivity contribution in [2.45, 2.75) is 49.3 Å². The van der Waals surface area contributed by atoms with Crippen molar-refractivity contribution >= 4 is 26.0 Å². The van der Waals surface area contributed by atoms with Gasteiger partial charge in [0.05, 0.1) is 23.1 Å². The van der Waals surface area contributed by atoms with Crippen molar-refractivity contribution in [1.29, 1.82) is 0 Å². The molecule has 2 bridgehead atoms. The lowest BCUT2D eigenvalue weighted by Gasteiger charge is -2.20. The SMILES string of the molecule is Cc1cc(S(=O)(=O)NC2CC3CCC2O3)ccc1Br. The van der Waals surface area contributed by atoms with Crippen LogP contribution in [-0.4, -0.2) is 26.7 Å². The number of fused-ring (bicyclic) bond motifs is 2. The second kappa shape index (κ2) is 4.84. The van der Waals surface area contributed by atoms with Gasteiger partial charge in [0.2, 0.25) is 10.0 Å². The first-order valence-corrected chi connectivity index (χ1v) is 8.67. The minimum atomic E-state index is -3.46. The van der Waals surface area contributed by atoms with Gasteiger partial charge >= 0.3 is 0 Å². The van der Waals surface area contributed by atoms with Crippen molar-refractivity contribution in [1.82, 2.24) is 4.72 Å². The second-order valence-corrected chi connectivity index (χ2v) is 7.82. The average Bonchev–Trinajstić information content (AvgIpc) is 2.94. The topological polar surface area (TPSA) is 55.4 Å². The van der Waals surface area contributed by atoms with E-state index in [0.29, 0.717) is 4.90 Å². The summed E-state index contributed by atoms with van der Waals surface area (Å²) in [6.45, 7) is 1.88. The molecule has 1 N–H and O–H groups in total. The van der Waals surface area contributed by atoms with E-state index in [1.807, 2.05) is 6.92 Å². The van der Waals surface area contributed by atoms with Crippen molar-refractivity contribution < 1.29 is 13.2 Å². The molecule has 2 heterocycles. The van der Waals surface area contributed by atoms with Gasteiger partial charge < -0.3 is 4.74 Å². The van der Waals surface area contributed by atoms with E-state index >= 15 is 0 Å². The van der Waals surface area contributed by atoms with Gasteiger partial charge in [0.25, 0.3) is 0 Å². The molecule has 2 aliphatic rings. The molecule has 3 unspecified atom stereocenters. The Morgan fingerprint density at radius 2 is 2.16 bits per heavy atom. The van der Waals surface area contributed by atoms with Crippen molar-refractivity contribution in [3.05, 3.63) is 28.2 Å². The average molecular weight is 346 g/mol. The lowest BCUT2D eigenvalue weighted by atomic mass is 9.96. The first-order chi connectivity index (χ1) is 8.95. The monoisotopic (exact) mass is 345 g/mol. The van der Waals surface area contributed by atoms with Crippen molar-refractivity contribution in [3.8, 4) is 0 Å². The maximum absolute atomic E-state index is 12.3. The molecule has 0 radical (unpaired) electrons. The predicted octanol–water partition coefficient (Wildman–Crippen LogP) is 2.36. The van der Waals surface area contributed by atoms with Crippen molar-refractivity contribution in [2.75, 3.05) is 0 Å². The van der Waals surface area contributed by atoms with Gasteiger partial charge in [-0.3, -0.25) is 0 Å². The number of sulfonamides is 1. The van der Waals surface area contributed by atoms with E-state index < -0.39 is 10.0 Å². The Kier molecular flexibility index (Phi) is 3.45. The minimum Gasteiger partial charge on any atom is -0.373 e. The minimum absolute atomic E-state index is 0.0521. The van der Waals surface area contributed by atoms with Crippen LogP contribution in [0.5, 0.6) is 0 Å².